The van der Waals surface area contributed by atoms with E-state index in [2.05, 4.69) is 31.9 Å². The van der Waals surface area contributed by atoms with Crippen molar-refractivity contribution in [3.05, 3.63) is 65.7 Å². The molecule has 0 saturated carbocycles. The summed E-state index contributed by atoms with van der Waals surface area (Å²) in [6, 6.07) is 7.55. The number of aldehydes is 1. The summed E-state index contributed by atoms with van der Waals surface area (Å²) in [5.74, 6) is -6.53. The van der Waals surface area contributed by atoms with Crippen molar-refractivity contribution in [1.29, 1.82) is 0 Å². The molecule has 17 heteroatoms. The third kappa shape index (κ3) is 15.2. The summed E-state index contributed by atoms with van der Waals surface area (Å²) >= 11 is 0. The number of hydrogen-bond donors (Lipinski definition) is 9. The van der Waals surface area contributed by atoms with Gasteiger partial charge in [-0.1, -0.05) is 76.6 Å². The lowest BCUT2D eigenvalue weighted by Gasteiger charge is -2.29. The van der Waals surface area contributed by atoms with Gasteiger partial charge in [0.1, 0.15) is 42.2 Å². The first-order chi connectivity index (χ1) is 26.0. The van der Waals surface area contributed by atoms with Crippen LogP contribution in [0.25, 0.3) is 0 Å². The third-order valence-electron chi connectivity index (χ3n) is 8.78. The van der Waals surface area contributed by atoms with Gasteiger partial charge in [0.15, 0.2) is 0 Å². The van der Waals surface area contributed by atoms with Crippen molar-refractivity contribution >= 4 is 47.6 Å². The molecule has 7 atom stereocenters. The van der Waals surface area contributed by atoms with E-state index in [-0.39, 0.29) is 18.6 Å². The van der Waals surface area contributed by atoms with Crippen molar-refractivity contribution in [2.75, 3.05) is 6.54 Å². The summed E-state index contributed by atoms with van der Waals surface area (Å²) in [4.78, 5) is 103. The average molecular weight is 767 g/mol. The highest BCUT2D eigenvalue weighted by Gasteiger charge is 2.35. The Morgan fingerprint density at radius 3 is 1.67 bits per heavy atom. The quantitative estimate of drug-likeness (QED) is 0.0649. The second kappa shape index (κ2) is 22.4. The van der Waals surface area contributed by atoms with E-state index in [1.807, 2.05) is 0 Å². The number of rotatable bonds is 22. The Morgan fingerprint density at radius 2 is 1.15 bits per heavy atom. The molecule has 0 aromatic heterocycles. The molecule has 7 amide bonds. The molecule has 0 aliphatic carbocycles. The minimum absolute atomic E-state index is 0.000415. The van der Waals surface area contributed by atoms with Crippen molar-refractivity contribution in [3.8, 4) is 5.75 Å². The van der Waals surface area contributed by atoms with E-state index in [4.69, 9.17) is 11.5 Å². The van der Waals surface area contributed by atoms with Gasteiger partial charge in [-0.3, -0.25) is 33.6 Å². The van der Waals surface area contributed by atoms with E-state index in [1.165, 1.54) is 19.1 Å². The van der Waals surface area contributed by atoms with Crippen LogP contribution < -0.4 is 43.4 Å². The van der Waals surface area contributed by atoms with Gasteiger partial charge in [-0.05, 0) is 42.0 Å². The Hall–Kier alpha value is -5.84. The standard InChI is InChI=1S/C38H54N8O9/c1-6-22(4)33(46-35(52)27(42-31(50)19-39)17-25-12-14-26(48)15-13-25)38(55)44-29(18-30(40)49)36(53)45-32(21(2)3)37(54)43-28(34(51)41-23(5)20-47)16-24-10-8-7-9-11-24/h7-15,20-23,27-29,32-33,48H,6,16-19,39H2,1-5H3,(H2,40,49)(H,41,51)(H,42,50)(H,43,54)(H,44,55)(H,45,53)(H,46,52)/t22-,23-,27-,28-,29-,32-,33-/m0/s1. The smallest absolute Gasteiger partial charge is 0.243 e. The molecule has 2 aromatic rings. The topological polar surface area (TPSA) is 281 Å². The summed E-state index contributed by atoms with van der Waals surface area (Å²) in [5, 5.41) is 25.0. The molecule has 0 heterocycles. The second-order valence-corrected chi connectivity index (χ2v) is 13.7. The molecule has 0 aliphatic heterocycles. The number of aromatic hydroxyl groups is 1. The van der Waals surface area contributed by atoms with E-state index in [0.29, 0.717) is 23.8 Å². The number of hydrogen-bond acceptors (Lipinski definition) is 10. The minimum atomic E-state index is -1.58. The van der Waals surface area contributed by atoms with Crippen LogP contribution in [0.2, 0.25) is 0 Å². The van der Waals surface area contributed by atoms with Gasteiger partial charge in [-0.2, -0.15) is 0 Å². The summed E-state index contributed by atoms with van der Waals surface area (Å²) < 4.78 is 0. The zero-order chi connectivity index (χ0) is 41.2. The van der Waals surface area contributed by atoms with Gasteiger partial charge in [0.25, 0.3) is 0 Å². The van der Waals surface area contributed by atoms with Gasteiger partial charge in [0.05, 0.1) is 19.0 Å². The molecule has 2 rings (SSSR count). The zero-order valence-corrected chi connectivity index (χ0v) is 31.8. The maximum Gasteiger partial charge on any atom is 0.243 e. The predicted molar refractivity (Wildman–Crippen MR) is 202 cm³/mol. The molecule has 17 nitrogen and oxygen atoms in total. The maximum atomic E-state index is 13.8. The van der Waals surface area contributed by atoms with Crippen molar-refractivity contribution < 1.29 is 43.5 Å². The first-order valence-corrected chi connectivity index (χ1v) is 18.1. The molecule has 300 valence electrons. The Kier molecular flexibility index (Phi) is 18.5. The molecule has 55 heavy (non-hydrogen) atoms. The number of phenols is 1. The number of phenolic OH excluding ortho intramolecular Hbond substituents is 1. The molecule has 0 saturated heterocycles. The van der Waals surface area contributed by atoms with E-state index in [1.54, 1.807) is 70.2 Å². The fourth-order valence-corrected chi connectivity index (χ4v) is 5.43. The van der Waals surface area contributed by atoms with Crippen LogP contribution in [-0.4, -0.2) is 95.5 Å². The summed E-state index contributed by atoms with van der Waals surface area (Å²) in [6.45, 7) is 7.79. The molecule has 2 aromatic carbocycles. The monoisotopic (exact) mass is 766 g/mol. The largest absolute Gasteiger partial charge is 0.508 e. The van der Waals surface area contributed by atoms with Crippen LogP contribution in [0, 0.1) is 11.8 Å². The summed E-state index contributed by atoms with van der Waals surface area (Å²) in [5.41, 5.74) is 12.2. The fraction of sp³-hybridized carbons (Fsp3) is 0.474. The van der Waals surface area contributed by atoms with E-state index < -0.39 is 102 Å². The zero-order valence-electron chi connectivity index (χ0n) is 31.8. The lowest BCUT2D eigenvalue weighted by molar-refractivity contribution is -0.137. The highest BCUT2D eigenvalue weighted by molar-refractivity contribution is 5.98. The van der Waals surface area contributed by atoms with Crippen LogP contribution in [-0.2, 0) is 51.2 Å². The van der Waals surface area contributed by atoms with Gasteiger partial charge in [-0.25, -0.2) is 0 Å². The molecule has 11 N–H and O–H groups in total. The lowest BCUT2D eigenvalue weighted by atomic mass is 9.96. The van der Waals surface area contributed by atoms with Crippen LogP contribution in [0.15, 0.2) is 54.6 Å². The van der Waals surface area contributed by atoms with E-state index in [9.17, 15) is 43.5 Å². The lowest BCUT2D eigenvalue weighted by Crippen LogP contribution is -2.61. The van der Waals surface area contributed by atoms with Crippen LogP contribution in [0.4, 0.5) is 0 Å². The van der Waals surface area contributed by atoms with Gasteiger partial charge < -0.3 is 53.3 Å². The first kappa shape index (κ1) is 45.3. The summed E-state index contributed by atoms with van der Waals surface area (Å²) in [6.07, 6.45) is 0.321. The fourth-order valence-electron chi connectivity index (χ4n) is 5.43. The van der Waals surface area contributed by atoms with Crippen molar-refractivity contribution in [2.24, 2.45) is 23.3 Å². The number of primary amides is 1. The van der Waals surface area contributed by atoms with Crippen molar-refractivity contribution in [1.82, 2.24) is 31.9 Å². The number of amides is 7. The van der Waals surface area contributed by atoms with Crippen LogP contribution >= 0.6 is 0 Å². The van der Waals surface area contributed by atoms with Gasteiger partial charge in [0, 0.05) is 12.8 Å². The van der Waals surface area contributed by atoms with E-state index >= 15 is 0 Å². The number of carbonyl (C=O) groups excluding carboxylic acids is 8. The maximum absolute atomic E-state index is 13.8. The Balaban J connectivity index is 2.31. The Bertz CT molecular complexity index is 1640. The predicted octanol–water partition coefficient (Wildman–Crippen LogP) is -1.16. The Labute approximate surface area is 320 Å². The number of nitrogens with one attached hydrogen (secondary N) is 6. The van der Waals surface area contributed by atoms with Crippen molar-refractivity contribution in [2.45, 2.75) is 96.6 Å². The molecule has 0 aliphatic rings. The van der Waals surface area contributed by atoms with Gasteiger partial charge >= 0.3 is 0 Å². The molecule has 0 radical (unpaired) electrons. The van der Waals surface area contributed by atoms with Crippen LogP contribution in [0.5, 0.6) is 5.75 Å². The number of carbonyl (C=O) groups is 8. The molecule has 0 unspecified atom stereocenters. The molecule has 0 spiro atoms. The SMILES string of the molecule is CC[C@H](C)[C@H](NC(=O)[C@H](Cc1ccc(O)cc1)NC(=O)CN)C(=O)N[C@@H](CC(N)=O)C(=O)N[C@H](C(=O)N[C@@H](Cc1ccccc1)C(=O)N[C@@H](C)C=O)C(C)C. The highest BCUT2D eigenvalue weighted by Crippen LogP contribution is 2.14. The van der Waals surface area contributed by atoms with Crippen LogP contribution in [0.1, 0.15) is 58.6 Å². The molecule has 0 fully saturated rings. The van der Waals surface area contributed by atoms with E-state index in [0.717, 1.165) is 0 Å². The molecule has 0 bridgehead atoms. The van der Waals surface area contributed by atoms with Crippen molar-refractivity contribution in [3.63, 3.8) is 0 Å². The second-order valence-electron chi connectivity index (χ2n) is 13.7. The molecular formula is C38H54N8O9. The molecular weight excluding hydrogens is 712 g/mol. The first-order valence-electron chi connectivity index (χ1n) is 18.1. The number of benzene rings is 2. The normalized spacial score (nSPS) is 14.7. The summed E-state index contributed by atoms with van der Waals surface area (Å²) in [7, 11) is 0. The Morgan fingerprint density at radius 1 is 0.655 bits per heavy atom. The van der Waals surface area contributed by atoms with Gasteiger partial charge in [-0.15, -0.1) is 0 Å². The number of nitrogens with two attached hydrogens (primary N) is 2. The third-order valence-corrected chi connectivity index (χ3v) is 8.78. The minimum Gasteiger partial charge on any atom is -0.508 e. The highest BCUT2D eigenvalue weighted by atomic mass is 16.3. The van der Waals surface area contributed by atoms with Crippen LogP contribution in [0.3, 0.4) is 0 Å². The van der Waals surface area contributed by atoms with Gasteiger partial charge in [0.2, 0.25) is 41.4 Å². The average Bonchev–Trinajstić information content (AvgIpc) is 3.15.